The van der Waals surface area contributed by atoms with E-state index in [1.54, 1.807) is 11.3 Å². The van der Waals surface area contributed by atoms with E-state index in [2.05, 4.69) is 22.0 Å². The largest absolute Gasteiger partial charge is 0.469 e. The molecule has 1 aromatic heterocycles. The molecule has 5 heteroatoms. The number of carbonyl (C=O) groups is 1. The number of nitrogens with one attached hydrogen (secondary N) is 1. The van der Waals surface area contributed by atoms with Crippen LogP contribution in [-0.4, -0.2) is 24.6 Å². The Hall–Kier alpha value is -1.10. The molecule has 0 unspecified atom stereocenters. The summed E-state index contributed by atoms with van der Waals surface area (Å²) in [6.07, 6.45) is 6.89. The highest BCUT2D eigenvalue weighted by atomic mass is 32.1. The fraction of sp³-hybridized carbons (Fsp3) is 0.714. The molecule has 0 amide bonds. The fourth-order valence-electron chi connectivity index (χ4n) is 2.56. The van der Waals surface area contributed by atoms with Gasteiger partial charge in [0.05, 0.1) is 19.2 Å². The number of thiazole rings is 1. The van der Waals surface area contributed by atoms with E-state index >= 15 is 0 Å². The van der Waals surface area contributed by atoms with Crippen molar-refractivity contribution in [3.8, 4) is 0 Å². The van der Waals surface area contributed by atoms with Crippen LogP contribution in [0.15, 0.2) is 5.38 Å². The van der Waals surface area contributed by atoms with Crippen LogP contribution in [0.3, 0.4) is 0 Å². The number of hydrogen-bond acceptors (Lipinski definition) is 5. The van der Waals surface area contributed by atoms with Gasteiger partial charge in [0.25, 0.3) is 0 Å². The molecular formula is C14H22N2O2S. The third kappa shape index (κ3) is 4.20. The second kappa shape index (κ2) is 6.37. The maximum absolute atomic E-state index is 11.2. The van der Waals surface area contributed by atoms with E-state index in [1.807, 2.05) is 5.38 Å². The molecule has 0 atom stereocenters. The van der Waals surface area contributed by atoms with Crippen molar-refractivity contribution in [2.45, 2.75) is 45.4 Å². The molecule has 0 radical (unpaired) electrons. The lowest BCUT2D eigenvalue weighted by molar-refractivity contribution is -0.139. The van der Waals surface area contributed by atoms with Crippen LogP contribution in [0.4, 0.5) is 5.13 Å². The van der Waals surface area contributed by atoms with Crippen molar-refractivity contribution in [1.82, 2.24) is 4.98 Å². The van der Waals surface area contributed by atoms with Gasteiger partial charge in [0.1, 0.15) is 0 Å². The quantitative estimate of drug-likeness (QED) is 0.842. The minimum Gasteiger partial charge on any atom is -0.469 e. The molecule has 4 nitrogen and oxygen atoms in total. The molecule has 1 saturated carbocycles. The summed E-state index contributed by atoms with van der Waals surface area (Å²) in [5.41, 5.74) is 1.18. The molecule has 1 aliphatic rings. The van der Waals surface area contributed by atoms with Gasteiger partial charge < -0.3 is 10.1 Å². The number of anilines is 1. The predicted molar refractivity (Wildman–Crippen MR) is 77.5 cm³/mol. The fourth-order valence-corrected chi connectivity index (χ4v) is 3.27. The van der Waals surface area contributed by atoms with Crippen molar-refractivity contribution in [2.75, 3.05) is 19.0 Å². The minimum absolute atomic E-state index is 0.240. The minimum atomic E-state index is -0.240. The van der Waals surface area contributed by atoms with E-state index in [1.165, 1.54) is 39.2 Å². The van der Waals surface area contributed by atoms with Gasteiger partial charge in [-0.2, -0.15) is 0 Å². The average molecular weight is 282 g/mol. The van der Waals surface area contributed by atoms with Crippen LogP contribution in [0.2, 0.25) is 0 Å². The van der Waals surface area contributed by atoms with E-state index in [-0.39, 0.29) is 12.4 Å². The highest BCUT2D eigenvalue weighted by Gasteiger charge is 2.26. The molecule has 2 rings (SSSR count). The number of methoxy groups -OCH3 is 1. The van der Waals surface area contributed by atoms with E-state index in [0.29, 0.717) is 5.41 Å². The third-order valence-electron chi connectivity index (χ3n) is 3.83. The van der Waals surface area contributed by atoms with Gasteiger partial charge in [0.15, 0.2) is 5.13 Å². The first-order valence-corrected chi connectivity index (χ1v) is 7.74. The molecule has 0 aliphatic heterocycles. The average Bonchev–Trinajstić information content (AvgIpc) is 2.85. The van der Waals surface area contributed by atoms with Crippen molar-refractivity contribution < 1.29 is 9.53 Å². The topological polar surface area (TPSA) is 51.2 Å². The van der Waals surface area contributed by atoms with Gasteiger partial charge in [-0.3, -0.25) is 4.79 Å². The Morgan fingerprint density at radius 2 is 2.21 bits per heavy atom. The Bertz CT molecular complexity index is 425. The normalized spacial score (nSPS) is 18.0. The smallest absolute Gasteiger partial charge is 0.311 e. The van der Waals surface area contributed by atoms with E-state index in [4.69, 9.17) is 0 Å². The molecule has 1 heterocycles. The summed E-state index contributed by atoms with van der Waals surface area (Å²) in [6, 6.07) is 0. The summed E-state index contributed by atoms with van der Waals surface area (Å²) in [5.74, 6) is -0.240. The van der Waals surface area contributed by atoms with Gasteiger partial charge in [0, 0.05) is 11.9 Å². The molecule has 1 fully saturated rings. The standard InChI is InChI=1S/C14H22N2O2S/c1-14(6-4-3-5-7-14)10-15-13-16-11(9-19-13)8-12(17)18-2/h9H,3-8,10H2,1-2H3,(H,15,16). The molecule has 1 N–H and O–H groups in total. The number of rotatable bonds is 5. The lowest BCUT2D eigenvalue weighted by Crippen LogP contribution is -2.28. The second-order valence-corrected chi connectivity index (χ2v) is 6.48. The molecular weight excluding hydrogens is 260 g/mol. The number of nitrogens with zero attached hydrogens (tertiary/aromatic N) is 1. The van der Waals surface area contributed by atoms with Crippen molar-refractivity contribution in [1.29, 1.82) is 0 Å². The molecule has 106 valence electrons. The first-order chi connectivity index (χ1) is 9.11. The summed E-state index contributed by atoms with van der Waals surface area (Å²) in [6.45, 7) is 3.32. The highest BCUT2D eigenvalue weighted by Crippen LogP contribution is 2.36. The molecule has 0 spiro atoms. The van der Waals surface area contributed by atoms with Gasteiger partial charge in [-0.05, 0) is 18.3 Å². The zero-order valence-electron chi connectivity index (χ0n) is 11.7. The van der Waals surface area contributed by atoms with Crippen molar-refractivity contribution in [3.63, 3.8) is 0 Å². The van der Waals surface area contributed by atoms with Crippen LogP contribution in [0.1, 0.15) is 44.7 Å². The molecule has 0 saturated heterocycles. The van der Waals surface area contributed by atoms with Gasteiger partial charge in [-0.25, -0.2) is 4.98 Å². The van der Waals surface area contributed by atoms with Gasteiger partial charge in [0.2, 0.25) is 0 Å². The van der Waals surface area contributed by atoms with Crippen LogP contribution >= 0.6 is 11.3 Å². The Balaban J connectivity index is 1.84. The van der Waals surface area contributed by atoms with Crippen LogP contribution in [0.5, 0.6) is 0 Å². The Morgan fingerprint density at radius 3 is 2.89 bits per heavy atom. The Labute approximate surface area is 118 Å². The Morgan fingerprint density at radius 1 is 1.47 bits per heavy atom. The Kier molecular flexibility index (Phi) is 4.80. The summed E-state index contributed by atoms with van der Waals surface area (Å²) in [5, 5.41) is 6.25. The first kappa shape index (κ1) is 14.3. The van der Waals surface area contributed by atoms with Crippen molar-refractivity contribution >= 4 is 22.4 Å². The third-order valence-corrected chi connectivity index (χ3v) is 4.68. The summed E-state index contributed by atoms with van der Waals surface area (Å²) < 4.78 is 4.64. The molecule has 1 aromatic rings. The van der Waals surface area contributed by atoms with Crippen LogP contribution < -0.4 is 5.32 Å². The van der Waals surface area contributed by atoms with E-state index in [0.717, 1.165) is 17.4 Å². The van der Waals surface area contributed by atoms with E-state index in [9.17, 15) is 4.79 Å². The second-order valence-electron chi connectivity index (χ2n) is 5.62. The first-order valence-electron chi connectivity index (χ1n) is 6.86. The number of carbonyl (C=O) groups excluding carboxylic acids is 1. The highest BCUT2D eigenvalue weighted by molar-refractivity contribution is 7.13. The maximum Gasteiger partial charge on any atom is 0.311 e. The van der Waals surface area contributed by atoms with Crippen LogP contribution in [0.25, 0.3) is 0 Å². The number of ether oxygens (including phenoxy) is 1. The zero-order valence-corrected chi connectivity index (χ0v) is 12.5. The van der Waals surface area contributed by atoms with Gasteiger partial charge in [-0.15, -0.1) is 11.3 Å². The maximum atomic E-state index is 11.2. The van der Waals surface area contributed by atoms with Gasteiger partial charge in [-0.1, -0.05) is 26.2 Å². The lowest BCUT2D eigenvalue weighted by Gasteiger charge is -2.33. The van der Waals surface area contributed by atoms with Crippen LogP contribution in [0, 0.1) is 5.41 Å². The zero-order chi connectivity index (χ0) is 13.7. The summed E-state index contributed by atoms with van der Waals surface area (Å²) >= 11 is 1.56. The SMILES string of the molecule is COC(=O)Cc1csc(NCC2(C)CCCCC2)n1. The summed E-state index contributed by atoms with van der Waals surface area (Å²) in [4.78, 5) is 15.6. The molecule has 1 aliphatic carbocycles. The van der Waals surface area contributed by atoms with Crippen LogP contribution in [-0.2, 0) is 16.0 Å². The van der Waals surface area contributed by atoms with Crippen molar-refractivity contribution in [3.05, 3.63) is 11.1 Å². The molecule has 0 aromatic carbocycles. The number of hydrogen-bond donors (Lipinski definition) is 1. The summed E-state index contributed by atoms with van der Waals surface area (Å²) in [7, 11) is 1.40. The van der Waals surface area contributed by atoms with Crippen molar-refractivity contribution in [2.24, 2.45) is 5.41 Å². The van der Waals surface area contributed by atoms with E-state index < -0.39 is 0 Å². The molecule has 0 bridgehead atoms. The lowest BCUT2D eigenvalue weighted by atomic mass is 9.76. The monoisotopic (exact) mass is 282 g/mol. The number of aromatic nitrogens is 1. The molecule has 19 heavy (non-hydrogen) atoms. The predicted octanol–water partition coefficient (Wildman–Crippen LogP) is 3.24. The van der Waals surface area contributed by atoms with Gasteiger partial charge >= 0.3 is 5.97 Å². The number of esters is 1.